The molecule has 0 aliphatic carbocycles. The van der Waals surface area contributed by atoms with Gasteiger partial charge in [0.2, 0.25) is 5.91 Å². The van der Waals surface area contributed by atoms with Crippen molar-refractivity contribution in [3.05, 3.63) is 42.5 Å². The van der Waals surface area contributed by atoms with Gasteiger partial charge in [-0.1, -0.05) is 18.2 Å². The van der Waals surface area contributed by atoms with Crippen LogP contribution in [0.4, 0.5) is 0 Å². The van der Waals surface area contributed by atoms with Gasteiger partial charge in [0.1, 0.15) is 11.5 Å². The molecule has 1 aromatic carbocycles. The largest absolute Gasteiger partial charge is 0.497 e. The van der Waals surface area contributed by atoms with Crippen molar-refractivity contribution in [2.45, 2.75) is 31.8 Å². The maximum absolute atomic E-state index is 13.1. The van der Waals surface area contributed by atoms with E-state index in [1.54, 1.807) is 18.1 Å². The van der Waals surface area contributed by atoms with Crippen molar-refractivity contribution in [3.63, 3.8) is 0 Å². The first-order valence-electron chi connectivity index (χ1n) is 9.46. The molecule has 2 amide bonds. The summed E-state index contributed by atoms with van der Waals surface area (Å²) in [5.41, 5.74) is 1.19. The van der Waals surface area contributed by atoms with Crippen LogP contribution in [0.1, 0.15) is 24.8 Å². The van der Waals surface area contributed by atoms with E-state index in [1.807, 2.05) is 24.3 Å². The Balaban J connectivity index is 1.78. The summed E-state index contributed by atoms with van der Waals surface area (Å²) in [5, 5.41) is 5.48. The van der Waals surface area contributed by atoms with Crippen LogP contribution in [0.2, 0.25) is 0 Å². The van der Waals surface area contributed by atoms with Crippen LogP contribution in [0.5, 0.6) is 5.75 Å². The second-order valence-electron chi connectivity index (χ2n) is 7.16. The van der Waals surface area contributed by atoms with E-state index < -0.39 is 15.9 Å². The van der Waals surface area contributed by atoms with E-state index in [-0.39, 0.29) is 41.9 Å². The van der Waals surface area contributed by atoms with E-state index in [1.165, 1.54) is 5.01 Å². The highest BCUT2D eigenvalue weighted by atomic mass is 32.2. The fraction of sp³-hybridized carbons (Fsp3) is 0.450. The Bertz CT molecular complexity index is 924. The molecule has 3 rings (SSSR count). The van der Waals surface area contributed by atoms with Gasteiger partial charge in [-0.2, -0.15) is 5.10 Å². The molecule has 1 saturated heterocycles. The van der Waals surface area contributed by atoms with Crippen molar-refractivity contribution >= 4 is 27.4 Å². The fourth-order valence-corrected chi connectivity index (χ4v) is 5.18. The molecule has 0 N–H and O–H groups in total. The molecular formula is C20H25N3O5S. The minimum Gasteiger partial charge on any atom is -0.497 e. The number of carbonyl (C=O) groups excluding carboxylic acids is 2. The van der Waals surface area contributed by atoms with Crippen LogP contribution in [0.3, 0.4) is 0 Å². The summed E-state index contributed by atoms with van der Waals surface area (Å²) >= 11 is 0. The molecule has 1 aromatic rings. The van der Waals surface area contributed by atoms with E-state index >= 15 is 0 Å². The lowest BCUT2D eigenvalue weighted by Crippen LogP contribution is -2.45. The number of ether oxygens (including phenoxy) is 1. The number of carbonyl (C=O) groups is 2. The topological polar surface area (TPSA) is 96.3 Å². The summed E-state index contributed by atoms with van der Waals surface area (Å²) in [6.45, 7) is 4.41. The van der Waals surface area contributed by atoms with Crippen molar-refractivity contribution in [1.29, 1.82) is 0 Å². The van der Waals surface area contributed by atoms with Crippen molar-refractivity contribution in [2.75, 3.05) is 25.2 Å². The standard InChI is InChI=1S/C20H25N3O5S/c1-3-11-22(13-15-4-6-17(28-2)7-5-15)20(25)18-8-9-19(24)23(21-18)16-10-12-29(26,27)14-16/h3-7,16H,1,8-14H2,2H3/t16-/m0/s1. The molecule has 9 heteroatoms. The first-order chi connectivity index (χ1) is 13.8. The monoisotopic (exact) mass is 419 g/mol. The highest BCUT2D eigenvalue weighted by molar-refractivity contribution is 7.91. The van der Waals surface area contributed by atoms with E-state index in [0.717, 1.165) is 11.3 Å². The Morgan fingerprint density at radius 2 is 2.07 bits per heavy atom. The molecule has 1 fully saturated rings. The third-order valence-electron chi connectivity index (χ3n) is 5.03. The zero-order valence-electron chi connectivity index (χ0n) is 16.4. The van der Waals surface area contributed by atoms with Crippen LogP contribution < -0.4 is 4.74 Å². The summed E-state index contributed by atoms with van der Waals surface area (Å²) in [6, 6.07) is 6.91. The molecule has 0 unspecified atom stereocenters. The number of hydrazone groups is 1. The van der Waals surface area contributed by atoms with Gasteiger partial charge in [0.25, 0.3) is 5.91 Å². The smallest absolute Gasteiger partial charge is 0.270 e. The van der Waals surface area contributed by atoms with Crippen molar-refractivity contribution in [1.82, 2.24) is 9.91 Å². The molecule has 2 aliphatic rings. The maximum Gasteiger partial charge on any atom is 0.270 e. The summed E-state index contributed by atoms with van der Waals surface area (Å²) in [7, 11) is -1.57. The summed E-state index contributed by atoms with van der Waals surface area (Å²) < 4.78 is 28.7. The Morgan fingerprint density at radius 1 is 1.34 bits per heavy atom. The molecular weight excluding hydrogens is 394 g/mol. The van der Waals surface area contributed by atoms with Crippen LogP contribution in [0.25, 0.3) is 0 Å². The van der Waals surface area contributed by atoms with Gasteiger partial charge in [-0.25, -0.2) is 13.4 Å². The van der Waals surface area contributed by atoms with Gasteiger partial charge < -0.3 is 9.64 Å². The summed E-state index contributed by atoms with van der Waals surface area (Å²) in [4.78, 5) is 27.0. The van der Waals surface area contributed by atoms with Gasteiger partial charge in [0.05, 0.1) is 24.7 Å². The lowest BCUT2D eigenvalue weighted by molar-refractivity contribution is -0.134. The first kappa shape index (κ1) is 21.0. The minimum absolute atomic E-state index is 0.0420. The fourth-order valence-electron chi connectivity index (χ4n) is 3.49. The molecule has 1 atom stereocenters. The van der Waals surface area contributed by atoms with Crippen LogP contribution in [0, 0.1) is 0 Å². The van der Waals surface area contributed by atoms with Crippen LogP contribution >= 0.6 is 0 Å². The molecule has 0 saturated carbocycles. The highest BCUT2D eigenvalue weighted by Gasteiger charge is 2.37. The number of sulfone groups is 1. The van der Waals surface area contributed by atoms with Gasteiger partial charge >= 0.3 is 0 Å². The second kappa shape index (κ2) is 8.77. The molecule has 0 spiro atoms. The Kier molecular flexibility index (Phi) is 6.36. The normalized spacial score (nSPS) is 20.9. The number of amides is 2. The number of hydrogen-bond acceptors (Lipinski definition) is 6. The summed E-state index contributed by atoms with van der Waals surface area (Å²) in [5.74, 6) is 0.146. The van der Waals surface area contributed by atoms with Gasteiger partial charge in [0.15, 0.2) is 9.84 Å². The van der Waals surface area contributed by atoms with Gasteiger partial charge in [0, 0.05) is 25.9 Å². The van der Waals surface area contributed by atoms with Crippen molar-refractivity contribution in [2.24, 2.45) is 5.10 Å². The molecule has 8 nitrogen and oxygen atoms in total. The SMILES string of the molecule is C=CCN(Cc1ccc(OC)cc1)C(=O)C1=NN([C@H]2CCS(=O)(=O)C2)C(=O)CC1. The molecule has 0 bridgehead atoms. The van der Waals surface area contributed by atoms with Gasteiger partial charge in [-0.15, -0.1) is 6.58 Å². The van der Waals surface area contributed by atoms with Gasteiger partial charge in [-0.3, -0.25) is 9.59 Å². The van der Waals surface area contributed by atoms with Crippen LogP contribution in [0.15, 0.2) is 42.0 Å². The Morgan fingerprint density at radius 3 is 2.66 bits per heavy atom. The van der Waals surface area contributed by atoms with Crippen LogP contribution in [-0.4, -0.2) is 67.1 Å². The molecule has 0 aromatic heterocycles. The average Bonchev–Trinajstić information content (AvgIpc) is 3.07. The first-order valence-corrected chi connectivity index (χ1v) is 11.3. The van der Waals surface area contributed by atoms with Crippen molar-refractivity contribution in [3.8, 4) is 5.75 Å². The second-order valence-corrected chi connectivity index (χ2v) is 9.39. The maximum atomic E-state index is 13.1. The van der Waals surface area contributed by atoms with Crippen LogP contribution in [-0.2, 0) is 26.0 Å². The molecule has 2 heterocycles. The number of nitrogens with zero attached hydrogens (tertiary/aromatic N) is 3. The lowest BCUT2D eigenvalue weighted by atomic mass is 10.1. The predicted octanol–water partition coefficient (Wildman–Crippen LogP) is 1.38. The zero-order valence-corrected chi connectivity index (χ0v) is 17.2. The van der Waals surface area contributed by atoms with Gasteiger partial charge in [-0.05, 0) is 24.1 Å². The third-order valence-corrected chi connectivity index (χ3v) is 6.78. The van der Waals surface area contributed by atoms with E-state index in [9.17, 15) is 18.0 Å². The predicted molar refractivity (Wildman–Crippen MR) is 109 cm³/mol. The highest BCUT2D eigenvalue weighted by Crippen LogP contribution is 2.23. The molecule has 156 valence electrons. The summed E-state index contributed by atoms with van der Waals surface area (Å²) in [6.07, 6.45) is 2.37. The number of hydrogen-bond donors (Lipinski definition) is 0. The quantitative estimate of drug-likeness (QED) is 0.622. The number of methoxy groups -OCH3 is 1. The third kappa shape index (κ3) is 5.03. The van der Waals surface area contributed by atoms with E-state index in [2.05, 4.69) is 11.7 Å². The average molecular weight is 420 g/mol. The minimum atomic E-state index is -3.16. The Labute approximate surface area is 170 Å². The Hall–Kier alpha value is -2.68. The van der Waals surface area contributed by atoms with E-state index in [0.29, 0.717) is 19.5 Å². The zero-order chi connectivity index (χ0) is 21.0. The molecule has 2 aliphatic heterocycles. The lowest BCUT2D eigenvalue weighted by Gasteiger charge is -2.29. The number of rotatable bonds is 7. The molecule has 0 radical (unpaired) electrons. The molecule has 29 heavy (non-hydrogen) atoms. The number of benzene rings is 1. The van der Waals surface area contributed by atoms with E-state index in [4.69, 9.17) is 4.74 Å². The van der Waals surface area contributed by atoms with Crippen molar-refractivity contribution < 1.29 is 22.7 Å².